The standard InChI is InChI=1S/C29H32F2N4O4/c1-16(2)33-23-11-20(21(30)12-22(23)31)27(36)34-24-15-39-26-9-7-17(10-25(26)35(5)28(24)37)18-6-8-19(32-14-18)13-29(3,4)38/h6-12,14,16,24,33,38H,13,15H2,1-5H3,(H,34,36)/t24-/m0/s1. The lowest BCUT2D eigenvalue weighted by Gasteiger charge is -2.21. The molecule has 3 aromatic rings. The van der Waals surface area contributed by atoms with Crippen molar-refractivity contribution in [2.75, 3.05) is 23.9 Å². The molecule has 1 atom stereocenters. The van der Waals surface area contributed by atoms with E-state index in [1.807, 2.05) is 18.2 Å². The molecule has 0 aliphatic carbocycles. The molecular weight excluding hydrogens is 506 g/mol. The van der Waals surface area contributed by atoms with Crippen molar-refractivity contribution in [2.45, 2.75) is 51.8 Å². The number of rotatable bonds is 7. The molecule has 206 valence electrons. The van der Waals surface area contributed by atoms with Crippen LogP contribution in [-0.4, -0.2) is 53.2 Å². The van der Waals surface area contributed by atoms with Gasteiger partial charge in [0.1, 0.15) is 30.0 Å². The lowest BCUT2D eigenvalue weighted by atomic mass is 10.0. The Kier molecular flexibility index (Phi) is 7.87. The van der Waals surface area contributed by atoms with Gasteiger partial charge >= 0.3 is 0 Å². The molecule has 0 saturated heterocycles. The number of likely N-dealkylation sites (N-methyl/N-ethyl adjacent to an activating group) is 1. The van der Waals surface area contributed by atoms with Gasteiger partial charge in [-0.3, -0.25) is 14.6 Å². The first-order valence-corrected chi connectivity index (χ1v) is 12.6. The number of hydrogen-bond donors (Lipinski definition) is 3. The smallest absolute Gasteiger partial charge is 0.255 e. The SMILES string of the molecule is CC(C)Nc1cc(C(=O)N[C@H]2COc3ccc(-c4ccc(CC(C)(C)O)nc4)cc3N(C)C2=O)c(F)cc1F. The number of aromatic nitrogens is 1. The molecule has 1 aliphatic heterocycles. The number of amides is 2. The molecule has 0 saturated carbocycles. The summed E-state index contributed by atoms with van der Waals surface area (Å²) in [6.07, 6.45) is 2.11. The van der Waals surface area contributed by atoms with Crippen LogP contribution < -0.4 is 20.3 Å². The first kappa shape index (κ1) is 28.0. The highest BCUT2D eigenvalue weighted by Gasteiger charge is 2.32. The van der Waals surface area contributed by atoms with Gasteiger partial charge in [0.25, 0.3) is 11.8 Å². The zero-order valence-corrected chi connectivity index (χ0v) is 22.5. The minimum atomic E-state index is -1.10. The van der Waals surface area contributed by atoms with E-state index in [-0.39, 0.29) is 23.9 Å². The highest BCUT2D eigenvalue weighted by atomic mass is 19.1. The Morgan fingerprint density at radius 2 is 1.87 bits per heavy atom. The summed E-state index contributed by atoms with van der Waals surface area (Å²) in [6.45, 7) is 6.83. The summed E-state index contributed by atoms with van der Waals surface area (Å²) in [6, 6.07) is 9.56. The van der Waals surface area contributed by atoms with E-state index in [0.29, 0.717) is 23.9 Å². The average Bonchev–Trinajstić information content (AvgIpc) is 2.97. The Balaban J connectivity index is 1.53. The molecule has 8 nitrogen and oxygen atoms in total. The molecule has 2 aromatic carbocycles. The second kappa shape index (κ2) is 11.0. The zero-order chi connectivity index (χ0) is 28.5. The molecule has 1 aromatic heterocycles. The van der Waals surface area contributed by atoms with Crippen LogP contribution in [0.1, 0.15) is 43.7 Å². The molecule has 10 heteroatoms. The molecule has 1 aliphatic rings. The third-order valence-corrected chi connectivity index (χ3v) is 6.18. The summed E-state index contributed by atoms with van der Waals surface area (Å²) in [5, 5.41) is 15.4. The summed E-state index contributed by atoms with van der Waals surface area (Å²) >= 11 is 0. The summed E-state index contributed by atoms with van der Waals surface area (Å²) in [5.41, 5.74) is 1.57. The van der Waals surface area contributed by atoms with E-state index in [4.69, 9.17) is 4.74 Å². The van der Waals surface area contributed by atoms with Crippen LogP contribution in [0.4, 0.5) is 20.2 Å². The van der Waals surface area contributed by atoms with Crippen LogP contribution in [0, 0.1) is 11.6 Å². The van der Waals surface area contributed by atoms with Crippen molar-refractivity contribution in [2.24, 2.45) is 0 Å². The van der Waals surface area contributed by atoms with Gasteiger partial charge in [0, 0.05) is 43.0 Å². The average molecular weight is 539 g/mol. The van der Waals surface area contributed by atoms with Crippen molar-refractivity contribution in [3.8, 4) is 16.9 Å². The summed E-state index contributed by atoms with van der Waals surface area (Å²) in [7, 11) is 1.56. The molecule has 39 heavy (non-hydrogen) atoms. The number of benzene rings is 2. The largest absolute Gasteiger partial charge is 0.489 e. The number of anilines is 2. The van der Waals surface area contributed by atoms with Crippen LogP contribution >= 0.6 is 0 Å². The van der Waals surface area contributed by atoms with E-state index in [1.54, 1.807) is 53.1 Å². The molecule has 0 bridgehead atoms. The first-order chi connectivity index (χ1) is 18.3. The van der Waals surface area contributed by atoms with Gasteiger partial charge in [-0.1, -0.05) is 12.1 Å². The fraction of sp³-hybridized carbons (Fsp3) is 0.345. The van der Waals surface area contributed by atoms with Crippen molar-refractivity contribution < 1.29 is 28.2 Å². The van der Waals surface area contributed by atoms with Crippen molar-refractivity contribution in [1.29, 1.82) is 0 Å². The lowest BCUT2D eigenvalue weighted by molar-refractivity contribution is -0.120. The van der Waals surface area contributed by atoms with E-state index in [9.17, 15) is 23.5 Å². The lowest BCUT2D eigenvalue weighted by Crippen LogP contribution is -2.49. The van der Waals surface area contributed by atoms with Crippen molar-refractivity contribution in [3.63, 3.8) is 0 Å². The van der Waals surface area contributed by atoms with Crippen molar-refractivity contribution in [1.82, 2.24) is 10.3 Å². The molecule has 0 fully saturated rings. The molecule has 0 radical (unpaired) electrons. The number of carbonyl (C=O) groups excluding carboxylic acids is 2. The fourth-order valence-corrected chi connectivity index (χ4v) is 4.31. The molecule has 2 amide bonds. The number of nitrogens with one attached hydrogen (secondary N) is 2. The number of aliphatic hydroxyl groups is 1. The van der Waals surface area contributed by atoms with Crippen LogP contribution in [-0.2, 0) is 11.2 Å². The van der Waals surface area contributed by atoms with Gasteiger partial charge in [-0.25, -0.2) is 8.78 Å². The Labute approximate surface area is 226 Å². The molecule has 4 rings (SSSR count). The zero-order valence-electron chi connectivity index (χ0n) is 22.5. The number of nitrogens with zero attached hydrogens (tertiary/aromatic N) is 2. The highest BCUT2D eigenvalue weighted by molar-refractivity contribution is 6.04. The summed E-state index contributed by atoms with van der Waals surface area (Å²) in [5.74, 6) is -2.74. The maximum absolute atomic E-state index is 14.5. The Bertz CT molecular complexity index is 1390. The van der Waals surface area contributed by atoms with E-state index in [1.165, 1.54) is 4.90 Å². The van der Waals surface area contributed by atoms with Gasteiger partial charge in [-0.15, -0.1) is 0 Å². The van der Waals surface area contributed by atoms with Crippen LogP contribution in [0.5, 0.6) is 5.75 Å². The fourth-order valence-electron chi connectivity index (χ4n) is 4.31. The molecule has 2 heterocycles. The highest BCUT2D eigenvalue weighted by Crippen LogP contribution is 2.35. The van der Waals surface area contributed by atoms with Gasteiger partial charge in [-0.05, 0) is 57.5 Å². The number of ether oxygens (including phenoxy) is 1. The van der Waals surface area contributed by atoms with Gasteiger partial charge < -0.3 is 25.4 Å². The number of halogens is 2. The predicted molar refractivity (Wildman–Crippen MR) is 145 cm³/mol. The third-order valence-electron chi connectivity index (χ3n) is 6.18. The summed E-state index contributed by atoms with van der Waals surface area (Å²) < 4.78 is 34.5. The van der Waals surface area contributed by atoms with Gasteiger partial charge in [-0.2, -0.15) is 0 Å². The Morgan fingerprint density at radius 3 is 2.51 bits per heavy atom. The summed E-state index contributed by atoms with van der Waals surface area (Å²) in [4.78, 5) is 32.0. The van der Waals surface area contributed by atoms with Gasteiger partial charge in [0.15, 0.2) is 0 Å². The van der Waals surface area contributed by atoms with Crippen molar-refractivity contribution >= 4 is 23.2 Å². The monoisotopic (exact) mass is 538 g/mol. The second-order valence-electron chi connectivity index (χ2n) is 10.6. The molecule has 0 spiro atoms. The van der Waals surface area contributed by atoms with E-state index < -0.39 is 35.1 Å². The van der Waals surface area contributed by atoms with Crippen LogP contribution in [0.25, 0.3) is 11.1 Å². The van der Waals surface area contributed by atoms with Gasteiger partial charge in [0.2, 0.25) is 0 Å². The maximum Gasteiger partial charge on any atom is 0.255 e. The Hall–Kier alpha value is -4.05. The molecule has 3 N–H and O–H groups in total. The van der Waals surface area contributed by atoms with E-state index in [2.05, 4.69) is 15.6 Å². The van der Waals surface area contributed by atoms with E-state index >= 15 is 0 Å². The molecular formula is C29H32F2N4O4. The normalized spacial score (nSPS) is 15.5. The topological polar surface area (TPSA) is 104 Å². The number of fused-ring (bicyclic) bond motifs is 1. The Morgan fingerprint density at radius 1 is 1.15 bits per heavy atom. The van der Waals surface area contributed by atoms with E-state index in [0.717, 1.165) is 22.9 Å². The minimum absolute atomic E-state index is 0.0142. The quantitative estimate of drug-likeness (QED) is 0.414. The van der Waals surface area contributed by atoms with Gasteiger partial charge in [0.05, 0.1) is 22.5 Å². The van der Waals surface area contributed by atoms with Crippen LogP contribution in [0.3, 0.4) is 0 Å². The predicted octanol–water partition coefficient (Wildman–Crippen LogP) is 4.31. The molecule has 0 unspecified atom stereocenters. The third kappa shape index (κ3) is 6.51. The first-order valence-electron chi connectivity index (χ1n) is 12.6. The number of pyridine rings is 1. The number of hydrogen-bond acceptors (Lipinski definition) is 6. The second-order valence-corrected chi connectivity index (χ2v) is 10.6. The minimum Gasteiger partial charge on any atom is -0.489 e. The number of carbonyl (C=O) groups is 2. The van der Waals surface area contributed by atoms with Crippen LogP contribution in [0.2, 0.25) is 0 Å². The maximum atomic E-state index is 14.5. The van der Waals surface area contributed by atoms with Crippen molar-refractivity contribution in [3.05, 3.63) is 71.6 Å². The van der Waals surface area contributed by atoms with Crippen LogP contribution in [0.15, 0.2) is 48.7 Å².